The van der Waals surface area contributed by atoms with Crippen LogP contribution in [-0.4, -0.2) is 0 Å². The Labute approximate surface area is 90.9 Å². The van der Waals surface area contributed by atoms with Crippen LogP contribution >= 0.6 is 12.4 Å². The quantitative estimate of drug-likeness (QED) is 0.826. The van der Waals surface area contributed by atoms with Gasteiger partial charge in [-0.05, 0) is 23.6 Å². The van der Waals surface area contributed by atoms with E-state index < -0.39 is 0 Å². The molecule has 2 atom stereocenters. The molecule has 1 unspecified atom stereocenters. The number of nitrogens with two attached hydrogens (primary N) is 1. The molecule has 0 radical (unpaired) electrons. The first kappa shape index (κ1) is 13.4. The van der Waals surface area contributed by atoms with Crippen molar-refractivity contribution >= 4 is 12.4 Å². The van der Waals surface area contributed by atoms with Gasteiger partial charge in [0.05, 0.1) is 0 Å². The highest BCUT2D eigenvalue weighted by molar-refractivity contribution is 5.85. The molecule has 1 rings (SSSR count). The summed E-state index contributed by atoms with van der Waals surface area (Å²) in [5.41, 5.74) is 6.99. The number of rotatable bonds is 3. The summed E-state index contributed by atoms with van der Waals surface area (Å²) in [6.45, 7) is 4.21. The van der Waals surface area contributed by atoms with E-state index >= 15 is 0 Å². The van der Waals surface area contributed by atoms with Gasteiger partial charge in [0.25, 0.3) is 0 Å². The summed E-state index contributed by atoms with van der Waals surface area (Å²) in [5, 5.41) is 0. The highest BCUT2D eigenvalue weighted by atomic mass is 35.5. The fraction of sp³-hybridized carbons (Fsp3) is 0.455. The maximum absolute atomic E-state index is 12.6. The normalized spacial score (nSPS) is 14.3. The van der Waals surface area contributed by atoms with Crippen LogP contribution in [0.1, 0.15) is 31.9 Å². The topological polar surface area (TPSA) is 26.0 Å². The van der Waals surface area contributed by atoms with Crippen molar-refractivity contribution in [2.75, 3.05) is 0 Å². The number of hydrogen-bond donors (Lipinski definition) is 1. The van der Waals surface area contributed by atoms with Gasteiger partial charge in [0.15, 0.2) is 0 Å². The Morgan fingerprint density at radius 2 is 1.79 bits per heavy atom. The lowest BCUT2D eigenvalue weighted by Crippen LogP contribution is -2.18. The van der Waals surface area contributed by atoms with Crippen LogP contribution in [0.4, 0.5) is 4.39 Å². The number of benzene rings is 1. The molecule has 1 aromatic rings. The molecule has 0 fully saturated rings. The summed E-state index contributed by atoms with van der Waals surface area (Å²) < 4.78 is 12.6. The van der Waals surface area contributed by atoms with Gasteiger partial charge in [0, 0.05) is 6.04 Å². The molecule has 0 aliphatic heterocycles. The van der Waals surface area contributed by atoms with Gasteiger partial charge in [0.2, 0.25) is 0 Å². The molecule has 14 heavy (non-hydrogen) atoms. The van der Waals surface area contributed by atoms with Crippen LogP contribution < -0.4 is 5.73 Å². The van der Waals surface area contributed by atoms with Gasteiger partial charge in [0.1, 0.15) is 5.82 Å². The highest BCUT2D eigenvalue weighted by Gasteiger charge is 2.12. The van der Waals surface area contributed by atoms with Crippen LogP contribution in [0.15, 0.2) is 24.3 Å². The molecule has 0 saturated heterocycles. The Kier molecular flexibility index (Phi) is 5.73. The van der Waals surface area contributed by atoms with E-state index in [1.54, 1.807) is 12.1 Å². The maximum atomic E-state index is 12.6. The monoisotopic (exact) mass is 217 g/mol. The van der Waals surface area contributed by atoms with Gasteiger partial charge >= 0.3 is 0 Å². The maximum Gasteiger partial charge on any atom is 0.123 e. The Morgan fingerprint density at radius 3 is 2.21 bits per heavy atom. The summed E-state index contributed by atoms with van der Waals surface area (Å²) in [4.78, 5) is 0. The van der Waals surface area contributed by atoms with Crippen LogP contribution in [-0.2, 0) is 0 Å². The zero-order valence-corrected chi connectivity index (χ0v) is 9.35. The average molecular weight is 218 g/mol. The molecule has 1 nitrogen and oxygen atoms in total. The Morgan fingerprint density at radius 1 is 1.29 bits per heavy atom. The first-order valence-electron chi connectivity index (χ1n) is 4.66. The smallest absolute Gasteiger partial charge is 0.123 e. The molecule has 0 aliphatic carbocycles. The highest BCUT2D eigenvalue weighted by Crippen LogP contribution is 2.21. The van der Waals surface area contributed by atoms with E-state index in [9.17, 15) is 4.39 Å². The molecule has 0 spiro atoms. The third-order valence-corrected chi connectivity index (χ3v) is 2.51. The molecular weight excluding hydrogens is 201 g/mol. The minimum atomic E-state index is -0.208. The molecule has 0 amide bonds. The zero-order valence-electron chi connectivity index (χ0n) is 8.53. The molecule has 0 aromatic heterocycles. The first-order chi connectivity index (χ1) is 6.15. The van der Waals surface area contributed by atoms with Gasteiger partial charge in [-0.25, -0.2) is 4.39 Å². The van der Waals surface area contributed by atoms with Gasteiger partial charge < -0.3 is 5.73 Å². The summed E-state index contributed by atoms with van der Waals surface area (Å²) in [6, 6.07) is 6.44. The molecule has 0 bridgehead atoms. The fourth-order valence-electron chi connectivity index (χ4n) is 1.27. The van der Waals surface area contributed by atoms with Crippen LogP contribution in [0.2, 0.25) is 0 Å². The average Bonchev–Trinajstić information content (AvgIpc) is 2.17. The molecule has 0 heterocycles. The van der Waals surface area contributed by atoms with Crippen molar-refractivity contribution < 1.29 is 4.39 Å². The second kappa shape index (κ2) is 5.99. The van der Waals surface area contributed by atoms with Crippen molar-refractivity contribution in [2.24, 2.45) is 11.7 Å². The molecule has 80 valence electrons. The predicted molar refractivity (Wildman–Crippen MR) is 60.0 cm³/mol. The van der Waals surface area contributed by atoms with Crippen molar-refractivity contribution in [3.8, 4) is 0 Å². The van der Waals surface area contributed by atoms with Gasteiger partial charge in [-0.1, -0.05) is 32.4 Å². The van der Waals surface area contributed by atoms with Crippen molar-refractivity contribution in [1.29, 1.82) is 0 Å². The molecule has 1 aromatic carbocycles. The SMILES string of the molecule is CCC(C)[C@@H](N)c1ccc(F)cc1.Cl. The standard InChI is InChI=1S/C11H16FN.ClH/c1-3-8(2)11(13)9-4-6-10(12)7-5-9;/h4-8,11H,3,13H2,1-2H3;1H/t8?,11-;/m1./s1. The summed E-state index contributed by atoms with van der Waals surface area (Å²) in [5.74, 6) is 0.227. The van der Waals surface area contributed by atoms with Crippen molar-refractivity contribution in [3.05, 3.63) is 35.6 Å². The van der Waals surface area contributed by atoms with Crippen LogP contribution in [0, 0.1) is 11.7 Å². The van der Waals surface area contributed by atoms with Crippen molar-refractivity contribution in [2.45, 2.75) is 26.3 Å². The molecular formula is C11H17ClFN. The third kappa shape index (κ3) is 3.28. The Bertz CT molecular complexity index is 260. The van der Waals surface area contributed by atoms with Gasteiger partial charge in [-0.3, -0.25) is 0 Å². The third-order valence-electron chi connectivity index (χ3n) is 2.51. The van der Waals surface area contributed by atoms with Gasteiger partial charge in [-0.15, -0.1) is 12.4 Å². The Balaban J connectivity index is 0.00000169. The number of halogens is 2. The van der Waals surface area contributed by atoms with E-state index in [0.29, 0.717) is 5.92 Å². The van der Waals surface area contributed by atoms with E-state index in [0.717, 1.165) is 12.0 Å². The first-order valence-corrected chi connectivity index (χ1v) is 4.66. The largest absolute Gasteiger partial charge is 0.324 e. The van der Waals surface area contributed by atoms with E-state index in [1.807, 2.05) is 0 Å². The van der Waals surface area contributed by atoms with Crippen molar-refractivity contribution in [3.63, 3.8) is 0 Å². The minimum Gasteiger partial charge on any atom is -0.324 e. The van der Waals surface area contributed by atoms with Crippen LogP contribution in [0.3, 0.4) is 0 Å². The minimum absolute atomic E-state index is 0. The van der Waals surface area contributed by atoms with E-state index in [4.69, 9.17) is 5.73 Å². The van der Waals surface area contributed by atoms with Crippen molar-refractivity contribution in [1.82, 2.24) is 0 Å². The fourth-order valence-corrected chi connectivity index (χ4v) is 1.27. The summed E-state index contributed by atoms with van der Waals surface area (Å²) in [6.07, 6.45) is 1.04. The molecule has 0 saturated carbocycles. The second-order valence-electron chi connectivity index (χ2n) is 3.46. The molecule has 2 N–H and O–H groups in total. The zero-order chi connectivity index (χ0) is 9.84. The summed E-state index contributed by atoms with van der Waals surface area (Å²) in [7, 11) is 0. The Hall–Kier alpha value is -0.600. The number of hydrogen-bond acceptors (Lipinski definition) is 1. The lowest BCUT2D eigenvalue weighted by atomic mass is 9.93. The predicted octanol–water partition coefficient (Wildman–Crippen LogP) is 3.29. The van der Waals surface area contributed by atoms with Crippen LogP contribution in [0.5, 0.6) is 0 Å². The van der Waals surface area contributed by atoms with Crippen LogP contribution in [0.25, 0.3) is 0 Å². The summed E-state index contributed by atoms with van der Waals surface area (Å²) >= 11 is 0. The molecule has 0 aliphatic rings. The molecule has 3 heteroatoms. The van der Waals surface area contributed by atoms with E-state index in [1.165, 1.54) is 12.1 Å². The van der Waals surface area contributed by atoms with E-state index in [-0.39, 0.29) is 24.3 Å². The van der Waals surface area contributed by atoms with E-state index in [2.05, 4.69) is 13.8 Å². The second-order valence-corrected chi connectivity index (χ2v) is 3.46. The van der Waals surface area contributed by atoms with Gasteiger partial charge in [-0.2, -0.15) is 0 Å². The lowest BCUT2D eigenvalue weighted by Gasteiger charge is -2.18. The lowest BCUT2D eigenvalue weighted by molar-refractivity contribution is 0.456.